The molecule has 2 heterocycles. The summed E-state index contributed by atoms with van der Waals surface area (Å²) >= 11 is 7.32. The second-order valence-electron chi connectivity index (χ2n) is 6.25. The van der Waals surface area contributed by atoms with Crippen molar-refractivity contribution in [2.24, 2.45) is 0 Å². The Labute approximate surface area is 176 Å². The number of amides is 1. The summed E-state index contributed by atoms with van der Waals surface area (Å²) in [5.74, 6) is -0.405. The van der Waals surface area contributed by atoms with Gasteiger partial charge in [-0.15, -0.1) is 0 Å². The number of fused-ring (bicyclic) bond motifs is 1. The predicted octanol–water partition coefficient (Wildman–Crippen LogP) is 2.73. The molecule has 11 heteroatoms. The Morgan fingerprint density at radius 1 is 1.14 bits per heavy atom. The van der Waals surface area contributed by atoms with Crippen molar-refractivity contribution in [2.75, 3.05) is 31.7 Å². The molecule has 2 aromatic carbocycles. The number of aromatic nitrogens is 1. The van der Waals surface area contributed by atoms with Gasteiger partial charge in [-0.1, -0.05) is 22.9 Å². The number of nitrogens with zero attached hydrogens (tertiary/aromatic N) is 2. The third-order valence-electron chi connectivity index (χ3n) is 4.36. The second-order valence-corrected chi connectivity index (χ2v) is 9.66. The van der Waals surface area contributed by atoms with Gasteiger partial charge < -0.3 is 4.74 Å². The van der Waals surface area contributed by atoms with Gasteiger partial charge in [0.25, 0.3) is 5.91 Å². The van der Waals surface area contributed by atoms with Crippen molar-refractivity contribution in [3.63, 3.8) is 0 Å². The number of benzene rings is 2. The summed E-state index contributed by atoms with van der Waals surface area (Å²) in [6, 6.07) is 11.2. The van der Waals surface area contributed by atoms with Gasteiger partial charge in [-0.05, 0) is 42.5 Å². The van der Waals surface area contributed by atoms with Crippen LogP contribution in [0.25, 0.3) is 10.2 Å². The highest BCUT2D eigenvalue weighted by Crippen LogP contribution is 2.27. The molecule has 152 valence electrons. The van der Waals surface area contributed by atoms with E-state index < -0.39 is 15.9 Å². The molecule has 0 unspecified atom stereocenters. The van der Waals surface area contributed by atoms with E-state index in [1.54, 1.807) is 18.2 Å². The molecular formula is C18H17ClN4O4S2. The van der Waals surface area contributed by atoms with Crippen molar-refractivity contribution >= 4 is 54.2 Å². The van der Waals surface area contributed by atoms with E-state index in [1.165, 1.54) is 39.9 Å². The maximum Gasteiger partial charge on any atom is 0.269 e. The van der Waals surface area contributed by atoms with Crippen LogP contribution >= 0.6 is 22.9 Å². The van der Waals surface area contributed by atoms with Crippen LogP contribution in [0.1, 0.15) is 10.4 Å². The fraction of sp³-hybridized carbons (Fsp3) is 0.222. The van der Waals surface area contributed by atoms with Gasteiger partial charge >= 0.3 is 0 Å². The van der Waals surface area contributed by atoms with E-state index in [-0.39, 0.29) is 4.90 Å². The molecule has 0 radical (unpaired) electrons. The number of rotatable bonds is 5. The number of thiazole rings is 1. The first kappa shape index (κ1) is 20.0. The quantitative estimate of drug-likeness (QED) is 0.577. The first-order chi connectivity index (χ1) is 13.9. The molecular weight excluding hydrogens is 436 g/mol. The van der Waals surface area contributed by atoms with Gasteiger partial charge in [-0.2, -0.15) is 4.31 Å². The lowest BCUT2D eigenvalue weighted by Crippen LogP contribution is -2.40. The minimum atomic E-state index is -3.59. The zero-order valence-corrected chi connectivity index (χ0v) is 17.5. The molecule has 3 aromatic rings. The van der Waals surface area contributed by atoms with Gasteiger partial charge in [-0.25, -0.2) is 13.4 Å². The number of hydrogen-bond acceptors (Lipinski definition) is 7. The average molecular weight is 453 g/mol. The van der Waals surface area contributed by atoms with E-state index in [9.17, 15) is 13.2 Å². The Balaban J connectivity index is 1.42. The standard InChI is InChI=1S/C18H17ClN4O4S2/c19-13-3-6-15-16(11-13)28-18(20-15)22-21-17(24)12-1-4-14(5-2-12)29(25,26)23-7-9-27-10-8-23/h1-6,11H,7-10H2,(H,20,22)(H,21,24). The topological polar surface area (TPSA) is 101 Å². The van der Waals surface area contributed by atoms with Crippen molar-refractivity contribution < 1.29 is 17.9 Å². The Morgan fingerprint density at radius 3 is 2.59 bits per heavy atom. The molecule has 1 aromatic heterocycles. The van der Waals surface area contributed by atoms with Crippen molar-refractivity contribution in [3.8, 4) is 0 Å². The summed E-state index contributed by atoms with van der Waals surface area (Å²) in [5, 5.41) is 1.13. The molecule has 1 fully saturated rings. The first-order valence-electron chi connectivity index (χ1n) is 8.74. The van der Waals surface area contributed by atoms with Crippen LogP contribution in [0.4, 0.5) is 5.13 Å². The number of nitrogens with one attached hydrogen (secondary N) is 2. The van der Waals surface area contributed by atoms with Crippen LogP contribution in [0.2, 0.25) is 5.02 Å². The van der Waals surface area contributed by atoms with Gasteiger partial charge in [0.1, 0.15) is 0 Å². The van der Waals surface area contributed by atoms with Gasteiger partial charge in [0.2, 0.25) is 15.2 Å². The minimum Gasteiger partial charge on any atom is -0.379 e. The highest BCUT2D eigenvalue weighted by atomic mass is 35.5. The molecule has 4 rings (SSSR count). The molecule has 0 atom stereocenters. The van der Waals surface area contributed by atoms with Crippen LogP contribution in [-0.2, 0) is 14.8 Å². The number of morpholine rings is 1. The van der Waals surface area contributed by atoms with Gasteiger partial charge in [-0.3, -0.25) is 15.6 Å². The van der Waals surface area contributed by atoms with Crippen LogP contribution in [0.3, 0.4) is 0 Å². The fourth-order valence-corrected chi connectivity index (χ4v) is 5.35. The SMILES string of the molecule is O=C(NNc1nc2ccc(Cl)cc2s1)c1ccc(S(=O)(=O)N2CCOCC2)cc1. The van der Waals surface area contributed by atoms with E-state index >= 15 is 0 Å². The van der Waals surface area contributed by atoms with Crippen LogP contribution < -0.4 is 10.9 Å². The third-order valence-corrected chi connectivity index (χ3v) is 7.44. The maximum atomic E-state index is 12.6. The van der Waals surface area contributed by atoms with E-state index in [2.05, 4.69) is 15.8 Å². The lowest BCUT2D eigenvalue weighted by atomic mass is 10.2. The molecule has 1 saturated heterocycles. The summed E-state index contributed by atoms with van der Waals surface area (Å²) in [6.45, 7) is 1.40. The van der Waals surface area contributed by atoms with Crippen LogP contribution in [0, 0.1) is 0 Å². The number of ether oxygens (including phenoxy) is 1. The molecule has 29 heavy (non-hydrogen) atoms. The Hall–Kier alpha value is -2.24. The highest BCUT2D eigenvalue weighted by molar-refractivity contribution is 7.89. The van der Waals surface area contributed by atoms with E-state index in [0.717, 1.165) is 10.2 Å². The Kier molecular flexibility index (Phi) is 5.70. The summed E-state index contributed by atoms with van der Waals surface area (Å²) in [7, 11) is -3.59. The summed E-state index contributed by atoms with van der Waals surface area (Å²) < 4.78 is 32.7. The summed E-state index contributed by atoms with van der Waals surface area (Å²) in [4.78, 5) is 16.9. The monoisotopic (exact) mass is 452 g/mol. The highest BCUT2D eigenvalue weighted by Gasteiger charge is 2.26. The average Bonchev–Trinajstić information content (AvgIpc) is 3.14. The smallest absolute Gasteiger partial charge is 0.269 e. The van der Waals surface area contributed by atoms with Gasteiger partial charge in [0.15, 0.2) is 0 Å². The normalized spacial score (nSPS) is 15.3. The second kappa shape index (κ2) is 8.25. The molecule has 2 N–H and O–H groups in total. The first-order valence-corrected chi connectivity index (χ1v) is 11.4. The predicted molar refractivity (Wildman–Crippen MR) is 112 cm³/mol. The molecule has 0 aliphatic carbocycles. The summed E-state index contributed by atoms with van der Waals surface area (Å²) in [5.41, 5.74) is 6.43. The number of carbonyl (C=O) groups is 1. The molecule has 0 spiro atoms. The minimum absolute atomic E-state index is 0.145. The lowest BCUT2D eigenvalue weighted by Gasteiger charge is -2.26. The van der Waals surface area contributed by atoms with Crippen molar-refractivity contribution in [2.45, 2.75) is 4.90 Å². The maximum absolute atomic E-state index is 12.6. The zero-order valence-electron chi connectivity index (χ0n) is 15.1. The lowest BCUT2D eigenvalue weighted by molar-refractivity contribution is 0.0730. The van der Waals surface area contributed by atoms with E-state index in [4.69, 9.17) is 16.3 Å². The third kappa shape index (κ3) is 4.36. The number of hydrogen-bond donors (Lipinski definition) is 2. The van der Waals surface area contributed by atoms with Gasteiger partial charge in [0.05, 0.1) is 28.3 Å². The van der Waals surface area contributed by atoms with Crippen molar-refractivity contribution in [3.05, 3.63) is 53.1 Å². The largest absolute Gasteiger partial charge is 0.379 e. The van der Waals surface area contributed by atoms with Crippen molar-refractivity contribution in [1.82, 2.24) is 14.7 Å². The van der Waals surface area contributed by atoms with E-state index in [0.29, 0.717) is 42.0 Å². The van der Waals surface area contributed by atoms with Crippen LogP contribution in [0.5, 0.6) is 0 Å². The zero-order chi connectivity index (χ0) is 20.4. The molecule has 0 bridgehead atoms. The number of hydrazine groups is 1. The molecule has 0 saturated carbocycles. The summed E-state index contributed by atoms with van der Waals surface area (Å²) in [6.07, 6.45) is 0. The number of sulfonamides is 1. The number of anilines is 1. The number of carbonyl (C=O) groups excluding carboxylic acids is 1. The molecule has 1 aliphatic rings. The van der Waals surface area contributed by atoms with E-state index in [1.807, 2.05) is 0 Å². The van der Waals surface area contributed by atoms with Crippen LogP contribution in [-0.4, -0.2) is 49.9 Å². The Bertz CT molecular complexity index is 1140. The molecule has 1 aliphatic heterocycles. The van der Waals surface area contributed by atoms with Crippen molar-refractivity contribution in [1.29, 1.82) is 0 Å². The van der Waals surface area contributed by atoms with Gasteiger partial charge in [0, 0.05) is 23.7 Å². The molecule has 8 nitrogen and oxygen atoms in total. The number of halogens is 1. The Morgan fingerprint density at radius 2 is 1.86 bits per heavy atom. The fourth-order valence-electron chi connectivity index (χ4n) is 2.85. The van der Waals surface area contributed by atoms with Crippen LogP contribution in [0.15, 0.2) is 47.4 Å². The molecule has 1 amide bonds.